The molecule has 1 amide bonds. The van der Waals surface area contributed by atoms with Gasteiger partial charge < -0.3 is 21.1 Å². The minimum atomic E-state index is -1.31. The number of nitrogens with one attached hydrogen (secondary N) is 1. The lowest BCUT2D eigenvalue weighted by Gasteiger charge is -2.36. The molecular weight excluding hydrogens is 439 g/mol. The van der Waals surface area contributed by atoms with Crippen molar-refractivity contribution in [1.29, 1.82) is 0 Å². The average Bonchev–Trinajstić information content (AvgIpc) is 3.54. The molecule has 2 aliphatic rings. The van der Waals surface area contributed by atoms with Crippen molar-refractivity contribution in [3.05, 3.63) is 45.1 Å². The number of carboxylic acids is 1. The van der Waals surface area contributed by atoms with Gasteiger partial charge in [-0.2, -0.15) is 0 Å². The van der Waals surface area contributed by atoms with Crippen molar-refractivity contribution in [2.24, 2.45) is 5.73 Å². The number of aryl methyl sites for hydroxylation is 1. The third-order valence-corrected chi connectivity index (χ3v) is 6.19. The Kier molecular flexibility index (Phi) is 6.80. The molecule has 4 rings (SSSR count). The summed E-state index contributed by atoms with van der Waals surface area (Å²) in [4.78, 5) is 38.2. The van der Waals surface area contributed by atoms with Gasteiger partial charge in [0.25, 0.3) is 5.56 Å². The fourth-order valence-corrected chi connectivity index (χ4v) is 4.52. The Balaban J connectivity index is 0.00000289. The van der Waals surface area contributed by atoms with Crippen LogP contribution in [0.2, 0.25) is 0 Å². The third kappa shape index (κ3) is 4.31. The van der Waals surface area contributed by atoms with Crippen LogP contribution in [0, 0.1) is 12.7 Å². The number of halogens is 2. The quantitative estimate of drug-likeness (QED) is 0.621. The molecule has 2 atom stereocenters. The zero-order valence-electron chi connectivity index (χ0n) is 18.1. The van der Waals surface area contributed by atoms with Gasteiger partial charge in [0, 0.05) is 19.1 Å². The summed E-state index contributed by atoms with van der Waals surface area (Å²) in [7, 11) is 0. The molecule has 0 radical (unpaired) electrons. The van der Waals surface area contributed by atoms with Gasteiger partial charge in [-0.05, 0) is 62.6 Å². The van der Waals surface area contributed by atoms with E-state index in [0.29, 0.717) is 29.9 Å². The van der Waals surface area contributed by atoms with Gasteiger partial charge in [0.1, 0.15) is 5.56 Å². The molecule has 1 saturated heterocycles. The summed E-state index contributed by atoms with van der Waals surface area (Å²) in [6.07, 6.45) is 4.47. The number of amides is 1. The van der Waals surface area contributed by atoms with Gasteiger partial charge in [0.05, 0.1) is 23.4 Å². The molecule has 1 saturated carbocycles. The van der Waals surface area contributed by atoms with Crippen molar-refractivity contribution in [2.75, 3.05) is 18.0 Å². The second kappa shape index (κ2) is 9.07. The number of aromatic nitrogens is 1. The van der Waals surface area contributed by atoms with E-state index in [1.165, 1.54) is 6.07 Å². The number of hydrogen-bond donors (Lipinski definition) is 3. The van der Waals surface area contributed by atoms with Crippen LogP contribution in [-0.4, -0.2) is 46.6 Å². The lowest BCUT2D eigenvalue weighted by molar-refractivity contribution is -0.122. The maximum atomic E-state index is 15.3. The molecule has 0 aromatic carbocycles. The number of fused-ring (bicyclic) bond motifs is 1. The van der Waals surface area contributed by atoms with E-state index in [0.717, 1.165) is 41.8 Å². The molecule has 3 heterocycles. The highest BCUT2D eigenvalue weighted by atomic mass is 35.5. The van der Waals surface area contributed by atoms with Crippen LogP contribution >= 0.6 is 12.4 Å². The van der Waals surface area contributed by atoms with E-state index >= 15 is 4.39 Å². The zero-order valence-corrected chi connectivity index (χ0v) is 18.9. The number of anilines is 1. The first-order chi connectivity index (χ1) is 14.7. The van der Waals surface area contributed by atoms with Gasteiger partial charge in [0.15, 0.2) is 5.82 Å². The van der Waals surface area contributed by atoms with Crippen molar-refractivity contribution in [1.82, 2.24) is 9.72 Å². The molecule has 8 nitrogen and oxygen atoms in total. The number of aromatic carboxylic acids is 1. The smallest absolute Gasteiger partial charge is 0.341 e. The van der Waals surface area contributed by atoms with Gasteiger partial charge in [-0.15, -0.1) is 12.4 Å². The largest absolute Gasteiger partial charge is 0.477 e. The lowest BCUT2D eigenvalue weighted by Crippen LogP contribution is -2.51. The first-order valence-electron chi connectivity index (χ1n) is 10.6. The van der Waals surface area contributed by atoms with Crippen molar-refractivity contribution in [3.8, 4) is 0 Å². The van der Waals surface area contributed by atoms with Gasteiger partial charge in [-0.1, -0.05) is 0 Å². The van der Waals surface area contributed by atoms with E-state index in [4.69, 9.17) is 5.73 Å². The molecule has 32 heavy (non-hydrogen) atoms. The minimum Gasteiger partial charge on any atom is -0.477 e. The topological polar surface area (TPSA) is 117 Å². The van der Waals surface area contributed by atoms with Crippen LogP contribution in [0.5, 0.6) is 0 Å². The normalized spacial score (nSPS) is 19.4. The molecular formula is C22H28ClFN4O4. The molecule has 4 N–H and O–H groups in total. The number of carboxylic acid groups (broad SMARTS) is 1. The van der Waals surface area contributed by atoms with E-state index in [1.54, 1.807) is 13.8 Å². The Labute approximate surface area is 191 Å². The summed E-state index contributed by atoms with van der Waals surface area (Å²) in [5, 5.41) is 12.3. The molecule has 1 aliphatic carbocycles. The maximum Gasteiger partial charge on any atom is 0.341 e. The van der Waals surface area contributed by atoms with Gasteiger partial charge in [-0.3, -0.25) is 14.0 Å². The van der Waals surface area contributed by atoms with Crippen LogP contribution < -0.4 is 21.5 Å². The predicted octanol–water partition coefficient (Wildman–Crippen LogP) is 2.18. The van der Waals surface area contributed by atoms with Crippen molar-refractivity contribution in [3.63, 3.8) is 0 Å². The molecule has 0 bridgehead atoms. The molecule has 2 fully saturated rings. The number of pyridine rings is 2. The highest BCUT2D eigenvalue weighted by Gasteiger charge is 2.32. The minimum absolute atomic E-state index is 0. The van der Waals surface area contributed by atoms with Crippen molar-refractivity contribution in [2.45, 2.75) is 57.5 Å². The molecule has 0 unspecified atom stereocenters. The van der Waals surface area contributed by atoms with Crippen LogP contribution in [0.4, 0.5) is 10.1 Å². The predicted molar refractivity (Wildman–Crippen MR) is 122 cm³/mol. The standard InChI is InChI=1S/C22H27FN4O4.ClH/c1-11-18-15(13-5-6-13)8-16(22(30)31)21(29)27(18)10-17(23)19(11)26-7-3-4-14(9-26)25-20(28)12(2)24;/h8,10,12-14H,3-7,9,24H2,1-2H3,(H,25,28)(H,30,31);1H/t12-,14+;/m0./s1. The first kappa shape index (κ1) is 24.0. The second-order valence-corrected chi connectivity index (χ2v) is 8.65. The molecule has 2 aromatic heterocycles. The SMILES string of the molecule is Cc1c(N2CCC[C@@H](NC(=O)[C@H](C)N)C2)c(F)cn2c(=O)c(C(=O)O)cc(C3CC3)c12.Cl. The van der Waals surface area contributed by atoms with E-state index in [9.17, 15) is 19.5 Å². The summed E-state index contributed by atoms with van der Waals surface area (Å²) in [6.45, 7) is 4.44. The van der Waals surface area contributed by atoms with E-state index < -0.39 is 23.4 Å². The van der Waals surface area contributed by atoms with Crippen molar-refractivity contribution < 1.29 is 19.1 Å². The Hall–Kier alpha value is -2.65. The summed E-state index contributed by atoms with van der Waals surface area (Å²) in [6, 6.07) is 0.682. The lowest BCUT2D eigenvalue weighted by atomic mass is 9.99. The highest BCUT2D eigenvalue weighted by Crippen LogP contribution is 2.44. The number of nitrogens with zero attached hydrogens (tertiary/aromatic N) is 2. The zero-order chi connectivity index (χ0) is 22.4. The van der Waals surface area contributed by atoms with Gasteiger partial charge >= 0.3 is 5.97 Å². The number of rotatable bonds is 5. The summed E-state index contributed by atoms with van der Waals surface area (Å²) >= 11 is 0. The summed E-state index contributed by atoms with van der Waals surface area (Å²) in [5.74, 6) is -1.97. The second-order valence-electron chi connectivity index (χ2n) is 8.65. The van der Waals surface area contributed by atoms with Crippen LogP contribution in [-0.2, 0) is 4.79 Å². The number of carbonyl (C=O) groups is 2. The Morgan fingerprint density at radius 2 is 2.00 bits per heavy atom. The maximum absolute atomic E-state index is 15.3. The number of piperidine rings is 1. The molecule has 1 aliphatic heterocycles. The summed E-state index contributed by atoms with van der Waals surface area (Å²) < 4.78 is 16.4. The van der Waals surface area contributed by atoms with Crippen LogP contribution in [0.15, 0.2) is 17.1 Å². The first-order valence-corrected chi connectivity index (χ1v) is 10.6. The van der Waals surface area contributed by atoms with Crippen LogP contribution in [0.25, 0.3) is 5.52 Å². The third-order valence-electron chi connectivity index (χ3n) is 6.19. The Bertz CT molecular complexity index is 1130. The molecule has 2 aromatic rings. The van der Waals surface area contributed by atoms with Crippen LogP contribution in [0.3, 0.4) is 0 Å². The molecule has 0 spiro atoms. The number of hydrogen-bond acceptors (Lipinski definition) is 5. The van der Waals surface area contributed by atoms with E-state index in [2.05, 4.69) is 5.32 Å². The fraction of sp³-hybridized carbons (Fsp3) is 0.500. The number of carbonyl (C=O) groups excluding carboxylic acids is 1. The van der Waals surface area contributed by atoms with E-state index in [-0.39, 0.29) is 35.8 Å². The van der Waals surface area contributed by atoms with Gasteiger partial charge in [0.2, 0.25) is 5.91 Å². The number of nitrogens with two attached hydrogens (primary N) is 1. The highest BCUT2D eigenvalue weighted by molar-refractivity contribution is 5.89. The molecule has 10 heteroatoms. The van der Waals surface area contributed by atoms with E-state index in [1.807, 2.05) is 4.90 Å². The monoisotopic (exact) mass is 466 g/mol. The fourth-order valence-electron chi connectivity index (χ4n) is 4.52. The molecule has 174 valence electrons. The van der Waals surface area contributed by atoms with Gasteiger partial charge in [-0.25, -0.2) is 9.18 Å². The Morgan fingerprint density at radius 1 is 1.31 bits per heavy atom. The average molecular weight is 467 g/mol. The summed E-state index contributed by atoms with van der Waals surface area (Å²) in [5.41, 5.74) is 6.92. The van der Waals surface area contributed by atoms with Crippen molar-refractivity contribution >= 4 is 35.5 Å². The van der Waals surface area contributed by atoms with Crippen LogP contribution in [0.1, 0.15) is 60.0 Å². The Morgan fingerprint density at radius 3 is 2.59 bits per heavy atom.